The monoisotopic (exact) mass is 437 g/mol. The van der Waals surface area contributed by atoms with Crippen LogP contribution in [0, 0.1) is 0 Å². The first-order valence-corrected chi connectivity index (χ1v) is 10.2. The van der Waals surface area contributed by atoms with Crippen molar-refractivity contribution in [3.63, 3.8) is 0 Å². The van der Waals surface area contributed by atoms with Crippen LogP contribution in [0.25, 0.3) is 11.0 Å². The largest absolute Gasteiger partial charge is 0.393 e. The fourth-order valence-electron chi connectivity index (χ4n) is 3.27. The summed E-state index contributed by atoms with van der Waals surface area (Å²) in [5.74, 6) is 0.572. The molecule has 3 aromatic rings. The molecule has 1 fully saturated rings. The highest BCUT2D eigenvalue weighted by atomic mass is 35.5. The molecule has 0 bridgehead atoms. The van der Waals surface area contributed by atoms with E-state index in [-0.39, 0.29) is 24.0 Å². The molecule has 0 aliphatic heterocycles. The van der Waals surface area contributed by atoms with Gasteiger partial charge in [0.05, 0.1) is 28.5 Å². The van der Waals surface area contributed by atoms with Gasteiger partial charge in [-0.15, -0.1) is 0 Å². The van der Waals surface area contributed by atoms with E-state index < -0.39 is 0 Å². The van der Waals surface area contributed by atoms with Gasteiger partial charge in [0, 0.05) is 13.0 Å². The van der Waals surface area contributed by atoms with Crippen molar-refractivity contribution in [2.45, 2.75) is 50.7 Å². The first-order chi connectivity index (χ1) is 14.0. The van der Waals surface area contributed by atoms with Gasteiger partial charge in [0.1, 0.15) is 23.1 Å². The summed E-state index contributed by atoms with van der Waals surface area (Å²) >= 11 is 12.1. The number of H-pyrrole nitrogens is 2. The lowest BCUT2D eigenvalue weighted by atomic mass is 9.92. The second-order valence-corrected chi connectivity index (χ2v) is 8.00. The Morgan fingerprint density at radius 2 is 2.14 bits per heavy atom. The normalized spacial score (nSPS) is 20.0. The molecule has 2 heterocycles. The molecule has 1 saturated carbocycles. The Bertz CT molecular complexity index is 1050. The van der Waals surface area contributed by atoms with E-state index in [0.717, 1.165) is 5.56 Å². The summed E-state index contributed by atoms with van der Waals surface area (Å²) in [6.07, 6.45) is 3.34. The zero-order chi connectivity index (χ0) is 20.4. The maximum atomic E-state index is 12.1. The third kappa shape index (κ3) is 4.96. The Balaban J connectivity index is 1.41. The summed E-state index contributed by atoms with van der Waals surface area (Å²) < 4.78 is 6.09. The van der Waals surface area contributed by atoms with Gasteiger partial charge in [-0.2, -0.15) is 5.10 Å². The molecule has 10 heteroatoms. The quantitative estimate of drug-likeness (QED) is 0.402. The zero-order valence-electron chi connectivity index (χ0n) is 15.5. The van der Waals surface area contributed by atoms with Crippen molar-refractivity contribution in [2.75, 3.05) is 0 Å². The Labute approximate surface area is 176 Å². The minimum atomic E-state index is -0.294. The van der Waals surface area contributed by atoms with E-state index >= 15 is 0 Å². The lowest BCUT2D eigenvalue weighted by molar-refractivity contribution is -0.115. The standard InChI is InChI=1S/C19H21Cl2N5O3/c20-13-2-1-10(5-14(13)21)8-22-17(29-12-6-11(27)7-12)4-3-16-24-15-9-23-26-18(15)19(28)25-16/h1-2,5,9,11-12,17,22,27H,3-4,6-8H2,(H,23,26)(H,24,25,28)/t11?,12?,17-/m0/s1. The number of benzene rings is 1. The molecule has 1 aliphatic carbocycles. The molecule has 0 spiro atoms. The van der Waals surface area contributed by atoms with Gasteiger partial charge < -0.3 is 14.8 Å². The molecular weight excluding hydrogens is 417 g/mol. The average molecular weight is 438 g/mol. The van der Waals surface area contributed by atoms with E-state index in [1.807, 2.05) is 12.1 Å². The number of hydrogen-bond donors (Lipinski definition) is 4. The van der Waals surface area contributed by atoms with Crippen molar-refractivity contribution >= 4 is 34.2 Å². The van der Waals surface area contributed by atoms with E-state index in [4.69, 9.17) is 27.9 Å². The van der Waals surface area contributed by atoms with Crippen LogP contribution in [-0.2, 0) is 17.7 Å². The summed E-state index contributed by atoms with van der Waals surface area (Å²) in [5, 5.41) is 20.4. The number of hydrogen-bond acceptors (Lipinski definition) is 6. The summed E-state index contributed by atoms with van der Waals surface area (Å²) in [6, 6.07) is 5.47. The van der Waals surface area contributed by atoms with Crippen LogP contribution in [0.1, 0.15) is 30.7 Å². The Morgan fingerprint density at radius 1 is 1.31 bits per heavy atom. The van der Waals surface area contributed by atoms with E-state index in [9.17, 15) is 9.90 Å². The summed E-state index contributed by atoms with van der Waals surface area (Å²) in [7, 11) is 0. The van der Waals surface area contributed by atoms with Crippen LogP contribution in [0.15, 0.2) is 29.2 Å². The Kier molecular flexibility index (Phi) is 6.17. The van der Waals surface area contributed by atoms with Gasteiger partial charge in [-0.05, 0) is 37.0 Å². The number of aromatic amines is 2. The molecule has 2 aromatic heterocycles. The van der Waals surface area contributed by atoms with Crippen LogP contribution in [0.3, 0.4) is 0 Å². The highest BCUT2D eigenvalue weighted by Crippen LogP contribution is 2.25. The van der Waals surface area contributed by atoms with Gasteiger partial charge in [0.15, 0.2) is 0 Å². The summed E-state index contributed by atoms with van der Waals surface area (Å²) in [6.45, 7) is 0.543. The van der Waals surface area contributed by atoms with E-state index in [0.29, 0.717) is 59.1 Å². The number of aryl methyl sites for hydroxylation is 1. The smallest absolute Gasteiger partial charge is 0.276 e. The average Bonchev–Trinajstić information content (AvgIpc) is 3.14. The van der Waals surface area contributed by atoms with Gasteiger partial charge in [-0.25, -0.2) is 4.98 Å². The zero-order valence-corrected chi connectivity index (χ0v) is 17.0. The van der Waals surface area contributed by atoms with Gasteiger partial charge >= 0.3 is 0 Å². The lowest BCUT2D eigenvalue weighted by Gasteiger charge is -2.34. The van der Waals surface area contributed by atoms with Gasteiger partial charge in [0.25, 0.3) is 5.56 Å². The third-order valence-electron chi connectivity index (χ3n) is 4.95. The topological polar surface area (TPSA) is 116 Å². The molecule has 8 nitrogen and oxygen atoms in total. The Hall–Kier alpha value is -1.97. The van der Waals surface area contributed by atoms with Crippen molar-refractivity contribution in [3.8, 4) is 0 Å². The molecule has 1 aromatic carbocycles. The number of nitrogens with zero attached hydrogens (tertiary/aromatic N) is 2. The van der Waals surface area contributed by atoms with Crippen LogP contribution in [0.5, 0.6) is 0 Å². The van der Waals surface area contributed by atoms with Crippen LogP contribution in [-0.4, -0.2) is 43.7 Å². The molecule has 1 atom stereocenters. The minimum Gasteiger partial charge on any atom is -0.393 e. The molecule has 4 rings (SSSR count). The van der Waals surface area contributed by atoms with Crippen molar-refractivity contribution < 1.29 is 9.84 Å². The summed E-state index contributed by atoms with van der Waals surface area (Å²) in [5.41, 5.74) is 1.63. The van der Waals surface area contributed by atoms with Crippen molar-refractivity contribution in [2.24, 2.45) is 0 Å². The molecule has 0 radical (unpaired) electrons. The number of rotatable bonds is 8. The van der Waals surface area contributed by atoms with Crippen LogP contribution >= 0.6 is 23.2 Å². The predicted molar refractivity (Wildman–Crippen MR) is 110 cm³/mol. The number of nitrogens with one attached hydrogen (secondary N) is 3. The van der Waals surface area contributed by atoms with Crippen LogP contribution < -0.4 is 10.9 Å². The predicted octanol–water partition coefficient (Wildman–Crippen LogP) is 2.54. The number of aromatic nitrogens is 4. The molecular formula is C19H21Cl2N5O3. The first-order valence-electron chi connectivity index (χ1n) is 9.41. The van der Waals surface area contributed by atoms with E-state index in [2.05, 4.69) is 25.5 Å². The molecule has 1 aliphatic rings. The molecule has 29 heavy (non-hydrogen) atoms. The van der Waals surface area contributed by atoms with Gasteiger partial charge in [-0.3, -0.25) is 15.2 Å². The maximum Gasteiger partial charge on any atom is 0.276 e. The van der Waals surface area contributed by atoms with Crippen molar-refractivity contribution in [3.05, 3.63) is 56.2 Å². The highest BCUT2D eigenvalue weighted by molar-refractivity contribution is 6.42. The fourth-order valence-corrected chi connectivity index (χ4v) is 3.59. The second-order valence-electron chi connectivity index (χ2n) is 7.18. The van der Waals surface area contributed by atoms with E-state index in [1.54, 1.807) is 6.07 Å². The molecule has 154 valence electrons. The van der Waals surface area contributed by atoms with Crippen molar-refractivity contribution in [1.82, 2.24) is 25.5 Å². The van der Waals surface area contributed by atoms with Crippen LogP contribution in [0.4, 0.5) is 0 Å². The number of halogens is 2. The molecule has 0 saturated heterocycles. The lowest BCUT2D eigenvalue weighted by Crippen LogP contribution is -2.42. The van der Waals surface area contributed by atoms with Crippen LogP contribution in [0.2, 0.25) is 10.0 Å². The van der Waals surface area contributed by atoms with Gasteiger partial charge in [0.2, 0.25) is 0 Å². The first kappa shape index (κ1) is 20.3. The fraction of sp³-hybridized carbons (Fsp3) is 0.421. The number of fused-ring (bicyclic) bond motifs is 1. The number of ether oxygens (including phenoxy) is 1. The minimum absolute atomic E-state index is 0.0136. The van der Waals surface area contributed by atoms with Crippen molar-refractivity contribution in [1.29, 1.82) is 0 Å². The number of aliphatic hydroxyl groups excluding tert-OH is 1. The third-order valence-corrected chi connectivity index (χ3v) is 5.69. The summed E-state index contributed by atoms with van der Waals surface area (Å²) in [4.78, 5) is 19.3. The highest BCUT2D eigenvalue weighted by Gasteiger charge is 2.30. The second kappa shape index (κ2) is 8.81. The Morgan fingerprint density at radius 3 is 2.90 bits per heavy atom. The maximum absolute atomic E-state index is 12.1. The number of aliphatic hydroxyl groups is 1. The van der Waals surface area contributed by atoms with Gasteiger partial charge in [-0.1, -0.05) is 29.3 Å². The molecule has 4 N–H and O–H groups in total. The molecule has 0 unspecified atom stereocenters. The van der Waals surface area contributed by atoms with E-state index in [1.165, 1.54) is 6.20 Å². The molecule has 0 amide bonds. The SMILES string of the molecule is O=c1[nH]c(CC[C@@H](NCc2ccc(Cl)c(Cl)c2)OC2CC(O)C2)nc2cn[nH]c12.